The van der Waals surface area contributed by atoms with E-state index in [2.05, 4.69) is 14.9 Å². The quantitative estimate of drug-likeness (QED) is 0.796. The van der Waals surface area contributed by atoms with Crippen LogP contribution in [-0.2, 0) is 12.8 Å². The summed E-state index contributed by atoms with van der Waals surface area (Å²) in [6.07, 6.45) is -2.71. The van der Waals surface area contributed by atoms with Gasteiger partial charge in [0.15, 0.2) is 11.8 Å². The zero-order valence-corrected chi connectivity index (χ0v) is 11.4. The number of hydrogen-bond donors (Lipinski definition) is 0. The first kappa shape index (κ1) is 14.7. The van der Waals surface area contributed by atoms with Crippen molar-refractivity contribution >= 4 is 11.8 Å². The molecule has 108 valence electrons. The summed E-state index contributed by atoms with van der Waals surface area (Å²) in [5.41, 5.74) is 0.970. The van der Waals surface area contributed by atoms with Gasteiger partial charge in [0.25, 0.3) is 0 Å². The summed E-state index contributed by atoms with van der Waals surface area (Å²) in [5, 5.41) is 8.47. The molecular formula is C12H12F3N3OS. The molecule has 0 amide bonds. The molecule has 0 aliphatic carbocycles. The average Bonchev–Trinajstić information content (AvgIpc) is 2.80. The van der Waals surface area contributed by atoms with Crippen molar-refractivity contribution in [2.24, 2.45) is 7.05 Å². The maximum Gasteiger partial charge on any atom is 0.422 e. The van der Waals surface area contributed by atoms with Crippen molar-refractivity contribution in [2.75, 3.05) is 6.61 Å². The first-order chi connectivity index (χ1) is 9.44. The lowest BCUT2D eigenvalue weighted by Crippen LogP contribution is -2.19. The maximum absolute atomic E-state index is 12.0. The number of thioether (sulfide) groups is 1. The van der Waals surface area contributed by atoms with Gasteiger partial charge >= 0.3 is 6.18 Å². The number of hydrogen-bond acceptors (Lipinski definition) is 4. The van der Waals surface area contributed by atoms with Crippen LogP contribution in [0.3, 0.4) is 0 Å². The number of nitrogens with zero attached hydrogens (tertiary/aromatic N) is 3. The Labute approximate surface area is 118 Å². The number of benzene rings is 1. The molecule has 0 saturated carbocycles. The molecule has 1 aromatic heterocycles. The van der Waals surface area contributed by atoms with Crippen LogP contribution in [0.5, 0.6) is 5.75 Å². The number of aromatic nitrogens is 3. The van der Waals surface area contributed by atoms with E-state index < -0.39 is 12.8 Å². The van der Waals surface area contributed by atoms with Crippen LogP contribution < -0.4 is 4.74 Å². The van der Waals surface area contributed by atoms with E-state index in [1.54, 1.807) is 23.0 Å². The molecule has 0 spiro atoms. The summed E-state index contributed by atoms with van der Waals surface area (Å²) >= 11 is 1.50. The highest BCUT2D eigenvalue weighted by molar-refractivity contribution is 7.98. The minimum absolute atomic E-state index is 0.203. The Kier molecular flexibility index (Phi) is 4.53. The highest BCUT2D eigenvalue weighted by Crippen LogP contribution is 2.23. The molecule has 0 atom stereocenters. The predicted octanol–water partition coefficient (Wildman–Crippen LogP) is 3.05. The Morgan fingerprint density at radius 3 is 2.50 bits per heavy atom. The van der Waals surface area contributed by atoms with Gasteiger partial charge in [0.2, 0.25) is 0 Å². The molecule has 20 heavy (non-hydrogen) atoms. The van der Waals surface area contributed by atoms with Crippen molar-refractivity contribution in [1.29, 1.82) is 0 Å². The van der Waals surface area contributed by atoms with Crippen molar-refractivity contribution in [2.45, 2.75) is 17.1 Å². The fraction of sp³-hybridized carbons (Fsp3) is 0.333. The van der Waals surface area contributed by atoms with Gasteiger partial charge in [-0.3, -0.25) is 0 Å². The fourth-order valence-corrected chi connectivity index (χ4v) is 2.24. The minimum atomic E-state index is -4.32. The van der Waals surface area contributed by atoms with E-state index in [4.69, 9.17) is 0 Å². The lowest BCUT2D eigenvalue weighted by Gasteiger charge is -2.09. The molecule has 0 aliphatic heterocycles. The summed E-state index contributed by atoms with van der Waals surface area (Å²) in [7, 11) is 1.84. The number of rotatable bonds is 5. The van der Waals surface area contributed by atoms with Gasteiger partial charge in [0.1, 0.15) is 12.1 Å². The molecule has 8 heteroatoms. The van der Waals surface area contributed by atoms with Crippen LogP contribution in [0.4, 0.5) is 13.2 Å². The van der Waals surface area contributed by atoms with E-state index in [1.165, 1.54) is 23.9 Å². The summed E-state index contributed by atoms with van der Waals surface area (Å²) in [6.45, 7) is -1.28. The molecule has 0 unspecified atom stereocenters. The van der Waals surface area contributed by atoms with E-state index in [1.807, 2.05) is 7.05 Å². The maximum atomic E-state index is 12.0. The molecular weight excluding hydrogens is 291 g/mol. The minimum Gasteiger partial charge on any atom is -0.484 e. The normalized spacial score (nSPS) is 11.6. The summed E-state index contributed by atoms with van der Waals surface area (Å²) in [5.74, 6) is 0.862. The Morgan fingerprint density at radius 2 is 1.95 bits per heavy atom. The van der Waals surface area contributed by atoms with Gasteiger partial charge in [0.05, 0.1) is 0 Å². The van der Waals surface area contributed by atoms with Crippen molar-refractivity contribution in [1.82, 2.24) is 14.8 Å². The number of halogens is 3. The third kappa shape index (κ3) is 4.44. The zero-order chi connectivity index (χ0) is 14.6. The van der Waals surface area contributed by atoms with Crippen molar-refractivity contribution in [3.05, 3.63) is 36.2 Å². The lowest BCUT2D eigenvalue weighted by atomic mass is 10.2. The second kappa shape index (κ2) is 6.17. The SMILES string of the molecule is Cn1cnnc1SCc1ccc(OCC(F)(F)F)cc1. The largest absolute Gasteiger partial charge is 0.484 e. The van der Waals surface area contributed by atoms with Gasteiger partial charge in [-0.25, -0.2) is 0 Å². The Morgan fingerprint density at radius 1 is 1.25 bits per heavy atom. The van der Waals surface area contributed by atoms with Gasteiger partial charge < -0.3 is 9.30 Å². The number of ether oxygens (including phenoxy) is 1. The van der Waals surface area contributed by atoms with Crippen LogP contribution in [0, 0.1) is 0 Å². The summed E-state index contributed by atoms with van der Waals surface area (Å²) in [4.78, 5) is 0. The van der Waals surface area contributed by atoms with E-state index in [9.17, 15) is 13.2 Å². The molecule has 0 bridgehead atoms. The molecule has 0 aliphatic rings. The standard InChI is InChI=1S/C12H12F3N3OS/c1-18-8-16-17-11(18)20-6-9-2-4-10(5-3-9)19-7-12(13,14)15/h2-5,8H,6-7H2,1H3. The lowest BCUT2D eigenvalue weighted by molar-refractivity contribution is -0.153. The first-order valence-electron chi connectivity index (χ1n) is 5.69. The van der Waals surface area contributed by atoms with Gasteiger partial charge in [0, 0.05) is 12.8 Å². The van der Waals surface area contributed by atoms with Crippen molar-refractivity contribution < 1.29 is 17.9 Å². The highest BCUT2D eigenvalue weighted by atomic mass is 32.2. The van der Waals surface area contributed by atoms with Crippen LogP contribution in [-0.4, -0.2) is 27.5 Å². The Hall–Kier alpha value is -1.70. The van der Waals surface area contributed by atoms with Crippen LogP contribution in [0.1, 0.15) is 5.56 Å². The van der Waals surface area contributed by atoms with Gasteiger partial charge in [-0.05, 0) is 17.7 Å². The third-order valence-corrected chi connectivity index (χ3v) is 3.47. The molecule has 0 saturated heterocycles. The molecule has 1 heterocycles. The van der Waals surface area contributed by atoms with Crippen LogP contribution in [0.15, 0.2) is 35.7 Å². The van der Waals surface area contributed by atoms with Crippen LogP contribution in [0.2, 0.25) is 0 Å². The van der Waals surface area contributed by atoms with Crippen molar-refractivity contribution in [3.8, 4) is 5.75 Å². The van der Waals surface area contributed by atoms with Gasteiger partial charge in [-0.2, -0.15) is 13.2 Å². The molecule has 0 fully saturated rings. The highest BCUT2D eigenvalue weighted by Gasteiger charge is 2.28. The molecule has 2 rings (SSSR count). The topological polar surface area (TPSA) is 39.9 Å². The monoisotopic (exact) mass is 303 g/mol. The van der Waals surface area contributed by atoms with E-state index >= 15 is 0 Å². The smallest absolute Gasteiger partial charge is 0.422 e. The molecule has 0 radical (unpaired) electrons. The van der Waals surface area contributed by atoms with Crippen molar-refractivity contribution in [3.63, 3.8) is 0 Å². The first-order valence-corrected chi connectivity index (χ1v) is 6.68. The Bertz CT molecular complexity index is 554. The van der Waals surface area contributed by atoms with E-state index in [0.717, 1.165) is 10.7 Å². The summed E-state index contributed by atoms with van der Waals surface area (Å²) < 4.78 is 42.4. The summed E-state index contributed by atoms with van der Waals surface area (Å²) in [6, 6.07) is 6.51. The molecule has 0 N–H and O–H groups in total. The molecule has 4 nitrogen and oxygen atoms in total. The Balaban J connectivity index is 1.87. The van der Waals surface area contributed by atoms with Gasteiger partial charge in [-0.15, -0.1) is 10.2 Å². The number of aryl methyl sites for hydroxylation is 1. The van der Waals surface area contributed by atoms with E-state index in [-0.39, 0.29) is 5.75 Å². The average molecular weight is 303 g/mol. The van der Waals surface area contributed by atoms with Crippen LogP contribution in [0.25, 0.3) is 0 Å². The van der Waals surface area contributed by atoms with Crippen LogP contribution >= 0.6 is 11.8 Å². The van der Waals surface area contributed by atoms with E-state index in [0.29, 0.717) is 5.75 Å². The third-order valence-electron chi connectivity index (χ3n) is 2.36. The number of alkyl halides is 3. The molecule has 1 aromatic carbocycles. The molecule has 2 aromatic rings. The second-order valence-electron chi connectivity index (χ2n) is 4.06. The van der Waals surface area contributed by atoms with Gasteiger partial charge in [-0.1, -0.05) is 23.9 Å². The second-order valence-corrected chi connectivity index (χ2v) is 5.00. The predicted molar refractivity (Wildman–Crippen MR) is 68.6 cm³/mol. The fourth-order valence-electron chi connectivity index (χ4n) is 1.40. The zero-order valence-electron chi connectivity index (χ0n) is 10.6.